The molecule has 0 aliphatic rings. The molecule has 0 saturated heterocycles. The molecule has 3 N–H and O–H groups in total. The molecule has 2 heterocycles. The van der Waals surface area contributed by atoms with Crippen LogP contribution in [0.25, 0.3) is 0 Å². The highest BCUT2D eigenvalue weighted by atomic mass is 16.5. The minimum Gasteiger partial charge on any atom is -0.397 e. The van der Waals surface area contributed by atoms with Crippen LogP contribution in [0.3, 0.4) is 0 Å². The minimum atomic E-state index is 0.652. The Bertz CT molecular complexity index is 397. The van der Waals surface area contributed by atoms with Crippen LogP contribution in [0, 0.1) is 0 Å². The Kier molecular flexibility index (Phi) is 2.77. The van der Waals surface area contributed by atoms with Gasteiger partial charge in [0.15, 0.2) is 5.82 Å². The molecule has 6 heteroatoms. The van der Waals surface area contributed by atoms with Gasteiger partial charge in [-0.05, 0) is 12.1 Å². The van der Waals surface area contributed by atoms with Crippen molar-refractivity contribution in [1.82, 2.24) is 15.1 Å². The van der Waals surface area contributed by atoms with Gasteiger partial charge in [0.1, 0.15) is 5.82 Å². The number of pyridine rings is 1. The van der Waals surface area contributed by atoms with E-state index in [0.717, 1.165) is 5.82 Å². The maximum Gasteiger partial charge on any atom is 0.213 e. The summed E-state index contributed by atoms with van der Waals surface area (Å²) in [6, 6.07) is 3.62. The Hall–Kier alpha value is -2.11. The van der Waals surface area contributed by atoms with E-state index in [4.69, 9.17) is 5.73 Å². The van der Waals surface area contributed by atoms with Gasteiger partial charge in [-0.15, -0.1) is 0 Å². The van der Waals surface area contributed by atoms with E-state index in [-0.39, 0.29) is 0 Å². The lowest BCUT2D eigenvalue weighted by Crippen LogP contribution is -2.07. The van der Waals surface area contributed by atoms with Gasteiger partial charge in [-0.3, -0.25) is 0 Å². The van der Waals surface area contributed by atoms with Gasteiger partial charge >= 0.3 is 0 Å². The van der Waals surface area contributed by atoms with Crippen molar-refractivity contribution in [2.45, 2.75) is 6.42 Å². The Morgan fingerprint density at radius 3 is 2.93 bits per heavy atom. The van der Waals surface area contributed by atoms with E-state index in [1.54, 1.807) is 12.3 Å². The number of anilines is 2. The smallest absolute Gasteiger partial charge is 0.213 e. The number of aromatic nitrogens is 3. The normalized spacial score (nSPS) is 10.1. The number of nitrogen functional groups attached to an aromatic ring is 1. The van der Waals surface area contributed by atoms with Crippen molar-refractivity contribution in [2.75, 3.05) is 17.6 Å². The SMILES string of the molecule is Nc1ccc(NCCc2ncon2)nc1. The molecule has 0 atom stereocenters. The summed E-state index contributed by atoms with van der Waals surface area (Å²) in [6.07, 6.45) is 3.62. The Morgan fingerprint density at radius 1 is 1.33 bits per heavy atom. The van der Waals surface area contributed by atoms with E-state index in [1.807, 2.05) is 6.07 Å². The number of nitrogens with two attached hydrogens (primary N) is 1. The first-order valence-electron chi connectivity index (χ1n) is 4.55. The molecule has 2 rings (SSSR count). The molecule has 0 fully saturated rings. The fourth-order valence-corrected chi connectivity index (χ4v) is 1.11. The molecule has 15 heavy (non-hydrogen) atoms. The van der Waals surface area contributed by atoms with Gasteiger partial charge in [0.25, 0.3) is 0 Å². The highest BCUT2D eigenvalue weighted by Gasteiger charge is 1.98. The summed E-state index contributed by atoms with van der Waals surface area (Å²) >= 11 is 0. The number of nitrogens with zero attached hydrogens (tertiary/aromatic N) is 3. The van der Waals surface area contributed by atoms with E-state index in [1.165, 1.54) is 6.39 Å². The second-order valence-electron chi connectivity index (χ2n) is 3.00. The Labute approximate surface area is 86.5 Å². The molecule has 0 aromatic carbocycles. The van der Waals surface area contributed by atoms with Crippen LogP contribution in [0.4, 0.5) is 11.5 Å². The second kappa shape index (κ2) is 4.41. The van der Waals surface area contributed by atoms with E-state index in [0.29, 0.717) is 24.5 Å². The van der Waals surface area contributed by atoms with Gasteiger partial charge in [-0.2, -0.15) is 4.98 Å². The van der Waals surface area contributed by atoms with Crippen LogP contribution < -0.4 is 11.1 Å². The monoisotopic (exact) mass is 205 g/mol. The van der Waals surface area contributed by atoms with E-state index >= 15 is 0 Å². The highest BCUT2D eigenvalue weighted by Crippen LogP contribution is 2.05. The summed E-state index contributed by atoms with van der Waals surface area (Å²) in [6.45, 7) is 0.705. The summed E-state index contributed by atoms with van der Waals surface area (Å²) in [5.74, 6) is 1.46. The number of nitrogens with one attached hydrogen (secondary N) is 1. The van der Waals surface area contributed by atoms with E-state index in [2.05, 4.69) is 25.0 Å². The lowest BCUT2D eigenvalue weighted by molar-refractivity contribution is 0.410. The van der Waals surface area contributed by atoms with Crippen molar-refractivity contribution >= 4 is 11.5 Å². The van der Waals surface area contributed by atoms with Crippen LogP contribution in [0.15, 0.2) is 29.2 Å². The van der Waals surface area contributed by atoms with Crippen molar-refractivity contribution in [3.8, 4) is 0 Å². The van der Waals surface area contributed by atoms with Crippen LogP contribution in [0.2, 0.25) is 0 Å². The maximum absolute atomic E-state index is 5.51. The lowest BCUT2D eigenvalue weighted by atomic mass is 10.4. The van der Waals surface area contributed by atoms with Crippen LogP contribution in [0.1, 0.15) is 5.82 Å². The van der Waals surface area contributed by atoms with Gasteiger partial charge in [-0.1, -0.05) is 5.16 Å². The van der Waals surface area contributed by atoms with Crippen molar-refractivity contribution in [2.24, 2.45) is 0 Å². The first-order valence-corrected chi connectivity index (χ1v) is 4.55. The summed E-state index contributed by atoms with van der Waals surface area (Å²) in [4.78, 5) is 8.00. The third kappa shape index (κ3) is 2.67. The third-order valence-electron chi connectivity index (χ3n) is 1.85. The zero-order chi connectivity index (χ0) is 10.5. The van der Waals surface area contributed by atoms with E-state index < -0.39 is 0 Å². The average Bonchev–Trinajstić information content (AvgIpc) is 2.74. The summed E-state index contributed by atoms with van der Waals surface area (Å²) < 4.78 is 4.61. The van der Waals surface area contributed by atoms with Gasteiger partial charge in [0.2, 0.25) is 6.39 Å². The molecular weight excluding hydrogens is 194 g/mol. The summed E-state index contributed by atoms with van der Waals surface area (Å²) in [5, 5.41) is 6.82. The molecule has 0 spiro atoms. The molecule has 0 aliphatic heterocycles. The fourth-order valence-electron chi connectivity index (χ4n) is 1.11. The Balaban J connectivity index is 1.81. The molecule has 0 unspecified atom stereocenters. The zero-order valence-corrected chi connectivity index (χ0v) is 8.05. The second-order valence-corrected chi connectivity index (χ2v) is 3.00. The molecule has 6 nitrogen and oxygen atoms in total. The fraction of sp³-hybridized carbons (Fsp3) is 0.222. The Morgan fingerprint density at radius 2 is 2.27 bits per heavy atom. The summed E-state index contributed by atoms with van der Waals surface area (Å²) in [7, 11) is 0. The van der Waals surface area contributed by atoms with Gasteiger partial charge < -0.3 is 15.6 Å². The number of hydrogen-bond acceptors (Lipinski definition) is 6. The molecule has 0 radical (unpaired) electrons. The van der Waals surface area contributed by atoms with Crippen molar-refractivity contribution in [3.63, 3.8) is 0 Å². The molecule has 0 amide bonds. The van der Waals surface area contributed by atoms with Crippen molar-refractivity contribution in [1.29, 1.82) is 0 Å². The third-order valence-corrected chi connectivity index (χ3v) is 1.85. The van der Waals surface area contributed by atoms with Crippen LogP contribution in [-0.4, -0.2) is 21.7 Å². The van der Waals surface area contributed by atoms with Gasteiger partial charge in [0, 0.05) is 13.0 Å². The van der Waals surface area contributed by atoms with Crippen LogP contribution in [-0.2, 0) is 6.42 Å². The largest absolute Gasteiger partial charge is 0.397 e. The van der Waals surface area contributed by atoms with Crippen LogP contribution >= 0.6 is 0 Å². The zero-order valence-electron chi connectivity index (χ0n) is 8.05. The molecule has 2 aromatic heterocycles. The van der Waals surface area contributed by atoms with E-state index in [9.17, 15) is 0 Å². The predicted octanol–water partition coefficient (Wildman–Crippen LogP) is 0.701. The van der Waals surface area contributed by atoms with Crippen LogP contribution in [0.5, 0.6) is 0 Å². The molecular formula is C9H11N5O. The van der Waals surface area contributed by atoms with Gasteiger partial charge in [0.05, 0.1) is 11.9 Å². The van der Waals surface area contributed by atoms with Gasteiger partial charge in [-0.25, -0.2) is 4.98 Å². The number of hydrogen-bond donors (Lipinski definition) is 2. The molecule has 0 saturated carbocycles. The summed E-state index contributed by atoms with van der Waals surface area (Å²) in [5.41, 5.74) is 6.16. The molecule has 0 aliphatic carbocycles. The average molecular weight is 205 g/mol. The predicted molar refractivity (Wildman–Crippen MR) is 55.1 cm³/mol. The first kappa shape index (κ1) is 9.45. The quantitative estimate of drug-likeness (QED) is 0.763. The maximum atomic E-state index is 5.51. The number of rotatable bonds is 4. The molecule has 0 bridgehead atoms. The standard InChI is InChI=1S/C9H11N5O/c10-7-1-2-8(12-5-7)11-4-3-9-13-6-15-14-9/h1-2,5-6H,3-4,10H2,(H,11,12). The van der Waals surface area contributed by atoms with Crippen molar-refractivity contribution in [3.05, 3.63) is 30.5 Å². The lowest BCUT2D eigenvalue weighted by Gasteiger charge is -2.03. The highest BCUT2D eigenvalue weighted by molar-refractivity contribution is 5.43. The topological polar surface area (TPSA) is 89.9 Å². The molecule has 78 valence electrons. The van der Waals surface area contributed by atoms with Crippen molar-refractivity contribution < 1.29 is 4.52 Å². The molecule has 2 aromatic rings. The minimum absolute atomic E-state index is 0.652. The first-order chi connectivity index (χ1) is 7.34.